The van der Waals surface area contributed by atoms with Crippen molar-refractivity contribution in [1.29, 1.82) is 0 Å². The van der Waals surface area contributed by atoms with E-state index < -0.39 is 0 Å². The van der Waals surface area contributed by atoms with Crippen LogP contribution in [0.3, 0.4) is 0 Å². The van der Waals surface area contributed by atoms with Crippen LogP contribution in [0.25, 0.3) is 16.6 Å². The number of hydrogen-bond acceptors (Lipinski definition) is 4. The third-order valence-corrected chi connectivity index (χ3v) is 6.29. The molecule has 0 fully saturated rings. The molecule has 0 saturated heterocycles. The van der Waals surface area contributed by atoms with Gasteiger partial charge in [-0.1, -0.05) is 78.4 Å². The minimum Gasteiger partial charge on any atom is -0.441 e. The summed E-state index contributed by atoms with van der Waals surface area (Å²) >= 11 is 1.99. The van der Waals surface area contributed by atoms with Crippen LogP contribution in [-0.4, -0.2) is 19.7 Å². The number of nitrogens with zero attached hydrogens (tertiary/aromatic N) is 5. The summed E-state index contributed by atoms with van der Waals surface area (Å²) < 4.78 is 1.81. The van der Waals surface area contributed by atoms with Crippen molar-refractivity contribution in [3.8, 4) is 0 Å². The largest absolute Gasteiger partial charge is 0.441 e. The Hall–Kier alpha value is -0.782. The zero-order chi connectivity index (χ0) is 26.9. The Morgan fingerprint density at radius 2 is 1.58 bits per heavy atom. The molecule has 0 spiro atoms. The summed E-state index contributed by atoms with van der Waals surface area (Å²) in [5.74, 6) is 0. The van der Waals surface area contributed by atoms with Crippen molar-refractivity contribution in [2.45, 2.75) is 88.0 Å². The summed E-state index contributed by atoms with van der Waals surface area (Å²) in [6.45, 7) is 18.1. The minimum atomic E-state index is 0. The molecule has 202 valence electrons. The molecule has 2 radical (unpaired) electrons. The van der Waals surface area contributed by atoms with E-state index in [-0.39, 0.29) is 65.4 Å². The number of hydrogen-bond donors (Lipinski definition) is 0. The van der Waals surface area contributed by atoms with Gasteiger partial charge < -0.3 is 19.7 Å². The molecule has 0 atom stereocenters. The van der Waals surface area contributed by atoms with Crippen LogP contribution in [-0.2, 0) is 78.3 Å². The van der Waals surface area contributed by atoms with Gasteiger partial charge in [-0.05, 0) is 68.3 Å². The maximum absolute atomic E-state index is 4.03. The fourth-order valence-corrected chi connectivity index (χ4v) is 4.71. The fraction of sp³-hybridized carbons (Fsp3) is 0.433. The van der Waals surface area contributed by atoms with Crippen molar-refractivity contribution in [1.82, 2.24) is 24.8 Å². The van der Waals surface area contributed by atoms with E-state index in [2.05, 4.69) is 39.5 Å². The van der Waals surface area contributed by atoms with E-state index >= 15 is 0 Å². The Morgan fingerprint density at radius 1 is 0.895 bits per heavy atom. The van der Waals surface area contributed by atoms with E-state index in [0.29, 0.717) is 0 Å². The van der Waals surface area contributed by atoms with Crippen molar-refractivity contribution in [2.75, 3.05) is 0 Å². The van der Waals surface area contributed by atoms with Gasteiger partial charge in [0.05, 0.1) is 0 Å². The first-order valence-corrected chi connectivity index (χ1v) is 14.0. The molecule has 0 aliphatic heterocycles. The summed E-state index contributed by atoms with van der Waals surface area (Å²) in [7, 11) is 0. The summed E-state index contributed by atoms with van der Waals surface area (Å²) in [4.78, 5) is 7.18. The average molecular weight is 684 g/mol. The molecule has 6 rings (SSSR count). The Balaban J connectivity index is 0. The van der Waals surface area contributed by atoms with E-state index in [1.54, 1.807) is 16.6 Å². The smallest absolute Gasteiger partial charge is 0.0435 e. The van der Waals surface area contributed by atoms with Crippen LogP contribution in [0.1, 0.15) is 81.0 Å². The SMILES string of the molecule is CC.CC.CC.Cc1[c-]nn2ccccc12.Cc1cc2c(s1)CCCC2.Cc1n[n-]c2ncccc12.[Y].[Y]. The zero-order valence-electron chi connectivity index (χ0n) is 24.7. The third-order valence-electron chi connectivity index (χ3n) is 5.14. The molecule has 0 amide bonds. The van der Waals surface area contributed by atoms with Gasteiger partial charge in [0, 0.05) is 87.1 Å². The zero-order valence-corrected chi connectivity index (χ0v) is 31.2. The molecular formula is C30H43N5SY2-2. The van der Waals surface area contributed by atoms with Gasteiger partial charge in [0.25, 0.3) is 0 Å². The van der Waals surface area contributed by atoms with Crippen LogP contribution >= 0.6 is 11.3 Å². The number of aryl methyl sites for hydroxylation is 5. The summed E-state index contributed by atoms with van der Waals surface area (Å²) in [6, 6.07) is 12.2. The topological polar surface area (TPSA) is 57.2 Å². The Labute approximate surface area is 284 Å². The summed E-state index contributed by atoms with van der Waals surface area (Å²) in [5.41, 5.74) is 5.54. The van der Waals surface area contributed by atoms with Crippen molar-refractivity contribution in [3.63, 3.8) is 0 Å². The standard InChI is InChI=1S/C9H12S.C8H7N2.C7H6N3.3C2H6.2Y/c1-7-6-8-4-2-3-5-9(8)10-7;1-7-6-9-10-5-3-2-4-8(7)10;1-5-6-3-2-4-8-7(6)10-9-5;3*1-2;;/h6H,2-5H2,1H3;2-5H,1H3;2-4H,1H3;3*1-2H3;;/q;2*-1;;;;;. The number of fused-ring (bicyclic) bond motifs is 3. The molecule has 38 heavy (non-hydrogen) atoms. The first kappa shape index (κ1) is 39.4. The van der Waals surface area contributed by atoms with Crippen LogP contribution in [0, 0.1) is 27.0 Å². The van der Waals surface area contributed by atoms with E-state index in [1.165, 1.54) is 30.6 Å². The second-order valence-corrected chi connectivity index (χ2v) is 8.78. The quantitative estimate of drug-likeness (QED) is 0.154. The molecule has 5 heterocycles. The maximum atomic E-state index is 4.03. The number of rotatable bonds is 0. The second-order valence-electron chi connectivity index (χ2n) is 7.44. The van der Waals surface area contributed by atoms with Crippen LogP contribution < -0.4 is 5.10 Å². The van der Waals surface area contributed by atoms with E-state index in [0.717, 1.165) is 27.8 Å². The van der Waals surface area contributed by atoms with Crippen molar-refractivity contribution < 1.29 is 65.4 Å². The van der Waals surface area contributed by atoms with E-state index in [9.17, 15) is 0 Å². The van der Waals surface area contributed by atoms with Crippen molar-refractivity contribution >= 4 is 27.9 Å². The fourth-order valence-electron chi connectivity index (χ4n) is 3.58. The monoisotopic (exact) mass is 683 g/mol. The average Bonchev–Trinajstić information content (AvgIpc) is 3.64. The molecule has 0 N–H and O–H groups in total. The Bertz CT molecular complexity index is 1160. The minimum absolute atomic E-state index is 0. The summed E-state index contributed by atoms with van der Waals surface area (Å²) in [5, 5.41) is 12.8. The van der Waals surface area contributed by atoms with E-state index in [4.69, 9.17) is 0 Å². The molecule has 5 aromatic rings. The third kappa shape index (κ3) is 12.2. The molecule has 0 aromatic carbocycles. The molecule has 0 saturated carbocycles. The summed E-state index contributed by atoms with van der Waals surface area (Å²) in [6.07, 6.45) is 12.0. The van der Waals surface area contributed by atoms with Gasteiger partial charge in [0.1, 0.15) is 0 Å². The first-order chi connectivity index (χ1) is 17.6. The predicted molar refractivity (Wildman–Crippen MR) is 156 cm³/mol. The Morgan fingerprint density at radius 3 is 2.21 bits per heavy atom. The van der Waals surface area contributed by atoms with E-state index in [1.807, 2.05) is 108 Å². The van der Waals surface area contributed by atoms with Gasteiger partial charge in [-0.15, -0.1) is 23.6 Å². The van der Waals surface area contributed by atoms with Crippen molar-refractivity contribution in [2.24, 2.45) is 0 Å². The first-order valence-electron chi connectivity index (χ1n) is 13.2. The van der Waals surface area contributed by atoms with Gasteiger partial charge in [0.15, 0.2) is 0 Å². The molecule has 0 unspecified atom stereocenters. The molecule has 8 heteroatoms. The molecular weight excluding hydrogens is 640 g/mol. The molecule has 1 aliphatic rings. The van der Waals surface area contributed by atoms with Gasteiger partial charge in [-0.2, -0.15) is 5.56 Å². The van der Waals surface area contributed by atoms with Gasteiger partial charge in [-0.25, -0.2) is 0 Å². The van der Waals surface area contributed by atoms with Crippen LogP contribution in [0.4, 0.5) is 0 Å². The number of pyridine rings is 2. The molecule has 0 bridgehead atoms. The second kappa shape index (κ2) is 23.0. The van der Waals surface area contributed by atoms with Crippen LogP contribution in [0.5, 0.6) is 0 Å². The number of aromatic nitrogens is 5. The van der Waals surface area contributed by atoms with Gasteiger partial charge in [-0.3, -0.25) is 5.10 Å². The van der Waals surface area contributed by atoms with Crippen LogP contribution in [0.2, 0.25) is 0 Å². The maximum Gasteiger partial charge on any atom is 0.0435 e. The number of thiophene rings is 1. The molecule has 5 nitrogen and oxygen atoms in total. The molecule has 1 aliphatic carbocycles. The molecule has 5 aromatic heterocycles. The normalized spacial score (nSPS) is 10.4. The van der Waals surface area contributed by atoms with Crippen molar-refractivity contribution in [3.05, 3.63) is 81.6 Å². The van der Waals surface area contributed by atoms with Gasteiger partial charge >= 0.3 is 0 Å². The van der Waals surface area contributed by atoms with Gasteiger partial charge in [0.2, 0.25) is 0 Å². The Kier molecular flexibility index (Phi) is 23.8. The van der Waals surface area contributed by atoms with Crippen LogP contribution in [0.15, 0.2) is 48.8 Å². The predicted octanol–water partition coefficient (Wildman–Crippen LogP) is 8.35.